The SMILES string of the molecule is Oc1ccc(CCNc2nc(N3CCN(Cc4ccc5c(c4)OCO5)CC3)nc3c2ncn3-c2ccccc2)cc1. The van der Waals surface area contributed by atoms with Crippen LogP contribution >= 0.6 is 0 Å². The highest BCUT2D eigenvalue weighted by molar-refractivity contribution is 5.85. The molecule has 10 heteroatoms. The summed E-state index contributed by atoms with van der Waals surface area (Å²) in [5.74, 6) is 3.33. The lowest BCUT2D eigenvalue weighted by molar-refractivity contribution is 0.174. The number of anilines is 2. The summed E-state index contributed by atoms with van der Waals surface area (Å²) in [6, 6.07) is 23.6. The Morgan fingerprint density at radius 3 is 2.44 bits per heavy atom. The molecule has 2 aliphatic heterocycles. The topological polar surface area (TPSA) is 101 Å². The second-order valence-corrected chi connectivity index (χ2v) is 10.3. The first-order valence-corrected chi connectivity index (χ1v) is 13.9. The number of hydrogen-bond acceptors (Lipinski definition) is 9. The monoisotopic (exact) mass is 549 g/mol. The van der Waals surface area contributed by atoms with Gasteiger partial charge in [0.05, 0.1) is 0 Å². The Bertz CT molecular complexity index is 1650. The van der Waals surface area contributed by atoms with Crippen molar-refractivity contribution >= 4 is 22.9 Å². The summed E-state index contributed by atoms with van der Waals surface area (Å²) < 4.78 is 13.0. The van der Waals surface area contributed by atoms with Crippen molar-refractivity contribution in [3.05, 3.63) is 90.3 Å². The molecule has 0 amide bonds. The third kappa shape index (κ3) is 5.33. The fourth-order valence-corrected chi connectivity index (χ4v) is 5.32. The van der Waals surface area contributed by atoms with Crippen molar-refractivity contribution in [2.75, 3.05) is 49.7 Å². The van der Waals surface area contributed by atoms with Gasteiger partial charge in [-0.25, -0.2) is 4.98 Å². The van der Waals surface area contributed by atoms with Gasteiger partial charge in [0, 0.05) is 45.0 Å². The number of fused-ring (bicyclic) bond motifs is 2. The molecule has 7 rings (SSSR count). The number of hydrogen-bond donors (Lipinski definition) is 2. The van der Waals surface area contributed by atoms with E-state index in [0.717, 1.165) is 78.9 Å². The van der Waals surface area contributed by atoms with E-state index >= 15 is 0 Å². The number of piperazine rings is 1. The highest BCUT2D eigenvalue weighted by Gasteiger charge is 2.23. The van der Waals surface area contributed by atoms with E-state index in [-0.39, 0.29) is 5.75 Å². The zero-order valence-corrected chi connectivity index (χ0v) is 22.6. The van der Waals surface area contributed by atoms with Gasteiger partial charge in [-0.1, -0.05) is 36.4 Å². The lowest BCUT2D eigenvalue weighted by Gasteiger charge is -2.34. The molecule has 2 aliphatic rings. The molecule has 0 bridgehead atoms. The van der Waals surface area contributed by atoms with Crippen LogP contribution in [0, 0.1) is 0 Å². The molecule has 208 valence electrons. The van der Waals surface area contributed by atoms with E-state index in [2.05, 4.69) is 39.4 Å². The first-order chi connectivity index (χ1) is 20.2. The summed E-state index contributed by atoms with van der Waals surface area (Å²) in [5, 5.41) is 13.1. The maximum Gasteiger partial charge on any atom is 0.231 e. The summed E-state index contributed by atoms with van der Waals surface area (Å²) >= 11 is 0. The minimum absolute atomic E-state index is 0.270. The van der Waals surface area contributed by atoms with Crippen LogP contribution in [0.5, 0.6) is 17.2 Å². The van der Waals surface area contributed by atoms with Crippen LogP contribution in [-0.2, 0) is 13.0 Å². The number of imidazole rings is 1. The van der Waals surface area contributed by atoms with Crippen LogP contribution in [0.3, 0.4) is 0 Å². The van der Waals surface area contributed by atoms with Crippen molar-refractivity contribution < 1.29 is 14.6 Å². The molecule has 10 nitrogen and oxygen atoms in total. The molecule has 1 saturated heterocycles. The molecule has 5 aromatic rings. The molecule has 0 unspecified atom stereocenters. The molecular weight excluding hydrogens is 518 g/mol. The number of nitrogens with one attached hydrogen (secondary N) is 1. The lowest BCUT2D eigenvalue weighted by atomic mass is 10.1. The fraction of sp³-hybridized carbons (Fsp3) is 0.258. The predicted octanol–water partition coefficient (Wildman–Crippen LogP) is 4.23. The minimum atomic E-state index is 0.270. The van der Waals surface area contributed by atoms with E-state index in [1.54, 1.807) is 12.1 Å². The van der Waals surface area contributed by atoms with E-state index < -0.39 is 0 Å². The second kappa shape index (κ2) is 11.0. The molecule has 0 atom stereocenters. The van der Waals surface area contributed by atoms with Gasteiger partial charge in [-0.05, 0) is 53.9 Å². The molecular formula is C31H31N7O3. The molecule has 0 spiro atoms. The molecule has 1 fully saturated rings. The maximum atomic E-state index is 9.59. The average Bonchev–Trinajstić information content (AvgIpc) is 3.66. The normalized spacial score (nSPS) is 15.0. The minimum Gasteiger partial charge on any atom is -0.508 e. The number of nitrogens with zero attached hydrogens (tertiary/aromatic N) is 6. The quantitative estimate of drug-likeness (QED) is 0.295. The van der Waals surface area contributed by atoms with E-state index in [1.807, 2.05) is 47.3 Å². The van der Waals surface area contributed by atoms with Crippen LogP contribution in [0.2, 0.25) is 0 Å². The summed E-state index contributed by atoms with van der Waals surface area (Å²) in [7, 11) is 0. The van der Waals surface area contributed by atoms with E-state index in [9.17, 15) is 5.11 Å². The van der Waals surface area contributed by atoms with Gasteiger partial charge >= 0.3 is 0 Å². The van der Waals surface area contributed by atoms with Gasteiger partial charge in [0.25, 0.3) is 0 Å². The smallest absolute Gasteiger partial charge is 0.231 e. The van der Waals surface area contributed by atoms with Crippen LogP contribution in [0.25, 0.3) is 16.9 Å². The van der Waals surface area contributed by atoms with Crippen LogP contribution in [-0.4, -0.2) is 69.0 Å². The summed E-state index contributed by atoms with van der Waals surface area (Å²) in [6.07, 6.45) is 2.60. The second-order valence-electron chi connectivity index (χ2n) is 10.3. The first-order valence-electron chi connectivity index (χ1n) is 13.9. The highest BCUT2D eigenvalue weighted by atomic mass is 16.7. The predicted molar refractivity (Wildman–Crippen MR) is 157 cm³/mol. The molecule has 0 saturated carbocycles. The fourth-order valence-electron chi connectivity index (χ4n) is 5.32. The summed E-state index contributed by atoms with van der Waals surface area (Å²) in [4.78, 5) is 19.4. The standard InChI is InChI=1S/C31H31N7O3/c39-25-9-6-22(7-10-25)12-13-32-29-28-30(38(20-33-28)24-4-2-1-3-5-24)35-31(34-29)37-16-14-36(15-17-37)19-23-8-11-26-27(18-23)41-21-40-26/h1-11,18,20,39H,12-17,19,21H2,(H,32,34,35). The van der Waals surface area contributed by atoms with E-state index in [1.165, 1.54) is 5.56 Å². The van der Waals surface area contributed by atoms with Crippen LogP contribution in [0.1, 0.15) is 11.1 Å². The average molecular weight is 550 g/mol. The van der Waals surface area contributed by atoms with Crippen molar-refractivity contribution in [3.8, 4) is 22.9 Å². The molecule has 41 heavy (non-hydrogen) atoms. The van der Waals surface area contributed by atoms with E-state index in [0.29, 0.717) is 19.3 Å². The van der Waals surface area contributed by atoms with Gasteiger partial charge in [0.15, 0.2) is 28.5 Å². The molecule has 2 N–H and O–H groups in total. The zero-order valence-electron chi connectivity index (χ0n) is 22.6. The summed E-state index contributed by atoms with van der Waals surface area (Å²) in [6.45, 7) is 5.27. The molecule has 0 aliphatic carbocycles. The third-order valence-electron chi connectivity index (χ3n) is 7.56. The molecule has 2 aromatic heterocycles. The van der Waals surface area contributed by atoms with Gasteiger partial charge in [0.1, 0.15) is 12.1 Å². The van der Waals surface area contributed by atoms with E-state index in [4.69, 9.17) is 24.4 Å². The lowest BCUT2D eigenvalue weighted by Crippen LogP contribution is -2.46. The van der Waals surface area contributed by atoms with Crippen molar-refractivity contribution in [3.63, 3.8) is 0 Å². The number of aromatic hydroxyl groups is 1. The zero-order chi connectivity index (χ0) is 27.6. The Balaban J connectivity index is 1.10. The van der Waals surface area contributed by atoms with Gasteiger partial charge in [-0.3, -0.25) is 9.47 Å². The first kappa shape index (κ1) is 25.2. The van der Waals surface area contributed by atoms with Crippen molar-refractivity contribution in [1.29, 1.82) is 0 Å². The number of para-hydroxylation sites is 1. The Morgan fingerprint density at radius 1 is 0.829 bits per heavy atom. The number of rotatable bonds is 8. The third-order valence-corrected chi connectivity index (χ3v) is 7.56. The largest absolute Gasteiger partial charge is 0.508 e. The number of aromatic nitrogens is 4. The van der Waals surface area contributed by atoms with Crippen LogP contribution < -0.4 is 19.7 Å². The van der Waals surface area contributed by atoms with Crippen molar-refractivity contribution in [2.24, 2.45) is 0 Å². The Hall–Kier alpha value is -4.83. The number of ether oxygens (including phenoxy) is 2. The Labute approximate surface area is 237 Å². The van der Waals surface area contributed by atoms with Crippen molar-refractivity contribution in [1.82, 2.24) is 24.4 Å². The van der Waals surface area contributed by atoms with Crippen molar-refractivity contribution in [2.45, 2.75) is 13.0 Å². The van der Waals surface area contributed by atoms with Gasteiger partial charge in [-0.15, -0.1) is 0 Å². The van der Waals surface area contributed by atoms with Crippen LogP contribution in [0.15, 0.2) is 79.1 Å². The molecule has 4 heterocycles. The molecule has 0 radical (unpaired) electrons. The van der Waals surface area contributed by atoms with Crippen LogP contribution in [0.4, 0.5) is 11.8 Å². The number of benzene rings is 3. The van der Waals surface area contributed by atoms with Gasteiger partial charge < -0.3 is 24.8 Å². The number of phenols is 1. The Kier molecular flexibility index (Phi) is 6.73. The summed E-state index contributed by atoms with van der Waals surface area (Å²) in [5.41, 5.74) is 4.87. The maximum absolute atomic E-state index is 9.59. The van der Waals surface area contributed by atoms with Gasteiger partial charge in [-0.2, -0.15) is 9.97 Å². The van der Waals surface area contributed by atoms with Gasteiger partial charge in [0.2, 0.25) is 12.7 Å². The highest BCUT2D eigenvalue weighted by Crippen LogP contribution is 2.33. The molecule has 3 aromatic carbocycles. The number of phenolic OH excluding ortho intramolecular Hbond substituents is 1. The Morgan fingerprint density at radius 2 is 1.61 bits per heavy atom.